The van der Waals surface area contributed by atoms with E-state index in [0.717, 1.165) is 12.1 Å². The van der Waals surface area contributed by atoms with Crippen molar-refractivity contribution in [2.75, 3.05) is 0 Å². The number of nitrogens with two attached hydrogens (primary N) is 1. The minimum absolute atomic E-state index is 0.0739. The highest BCUT2D eigenvalue weighted by molar-refractivity contribution is 6.33. The molecule has 0 bridgehead atoms. The maximum Gasteiger partial charge on any atom is 0.336 e. The minimum atomic E-state index is -1.27. The van der Waals surface area contributed by atoms with E-state index >= 15 is 0 Å². The van der Waals surface area contributed by atoms with Crippen molar-refractivity contribution in [1.82, 2.24) is 0 Å². The first-order valence-corrected chi connectivity index (χ1v) is 5.90. The summed E-state index contributed by atoms with van der Waals surface area (Å²) in [4.78, 5) is 22.4. The molecule has 0 saturated heterocycles. The van der Waals surface area contributed by atoms with E-state index in [1.807, 2.05) is 0 Å². The molecule has 0 saturated carbocycles. The minimum Gasteiger partial charge on any atom is -0.478 e. The third-order valence-corrected chi connectivity index (χ3v) is 3.08. The Balaban J connectivity index is 2.66. The second-order valence-corrected chi connectivity index (χ2v) is 4.46. The Kier molecular flexibility index (Phi) is 3.72. The molecule has 0 radical (unpaired) electrons. The largest absolute Gasteiger partial charge is 0.478 e. The zero-order valence-corrected chi connectivity index (χ0v) is 10.8. The highest BCUT2D eigenvalue weighted by Crippen LogP contribution is 2.28. The average Bonchev–Trinajstić information content (AvgIpc) is 2.39. The first-order valence-electron chi connectivity index (χ1n) is 5.52. The molecule has 0 atom stereocenters. The topological polar surface area (TPSA) is 80.4 Å². The molecule has 6 heteroatoms. The second-order valence-electron chi connectivity index (χ2n) is 4.05. The van der Waals surface area contributed by atoms with E-state index in [2.05, 4.69) is 0 Å². The van der Waals surface area contributed by atoms with E-state index < -0.39 is 17.7 Å². The molecule has 0 spiro atoms. The van der Waals surface area contributed by atoms with Gasteiger partial charge >= 0.3 is 5.97 Å². The van der Waals surface area contributed by atoms with Crippen molar-refractivity contribution in [3.05, 3.63) is 58.4 Å². The number of primary amides is 1. The van der Waals surface area contributed by atoms with Crippen LogP contribution in [0.3, 0.4) is 0 Å². The highest BCUT2D eigenvalue weighted by atomic mass is 35.5. The van der Waals surface area contributed by atoms with Gasteiger partial charge in [-0.25, -0.2) is 9.18 Å². The maximum atomic E-state index is 13.1. The van der Waals surface area contributed by atoms with Crippen LogP contribution in [0.25, 0.3) is 11.1 Å². The lowest BCUT2D eigenvalue weighted by Crippen LogP contribution is -2.11. The summed E-state index contributed by atoms with van der Waals surface area (Å²) in [6, 6.07) is 7.73. The van der Waals surface area contributed by atoms with Crippen LogP contribution in [-0.4, -0.2) is 17.0 Å². The van der Waals surface area contributed by atoms with Gasteiger partial charge in [0, 0.05) is 0 Å². The summed E-state index contributed by atoms with van der Waals surface area (Å²) >= 11 is 5.83. The number of carbonyl (C=O) groups is 2. The molecule has 1 amide bonds. The molecule has 0 fully saturated rings. The number of benzene rings is 2. The van der Waals surface area contributed by atoms with Gasteiger partial charge in [-0.2, -0.15) is 0 Å². The summed E-state index contributed by atoms with van der Waals surface area (Å²) in [5.41, 5.74) is 5.75. The lowest BCUT2D eigenvalue weighted by Gasteiger charge is -2.08. The monoisotopic (exact) mass is 293 g/mol. The SMILES string of the molecule is NC(=O)c1cc(-c2ccc(F)cc2C(=O)O)ccc1Cl. The molecule has 0 aliphatic carbocycles. The number of hydrogen-bond donors (Lipinski definition) is 2. The highest BCUT2D eigenvalue weighted by Gasteiger charge is 2.15. The number of amides is 1. The fourth-order valence-electron chi connectivity index (χ4n) is 1.83. The molecule has 0 aliphatic heterocycles. The Morgan fingerprint density at radius 3 is 2.40 bits per heavy atom. The van der Waals surface area contributed by atoms with Crippen LogP contribution in [0.2, 0.25) is 5.02 Å². The summed E-state index contributed by atoms with van der Waals surface area (Å²) in [7, 11) is 0. The predicted octanol–water partition coefficient (Wildman–Crippen LogP) is 2.94. The van der Waals surface area contributed by atoms with E-state index in [9.17, 15) is 14.0 Å². The van der Waals surface area contributed by atoms with Gasteiger partial charge in [-0.3, -0.25) is 4.79 Å². The van der Waals surface area contributed by atoms with Gasteiger partial charge < -0.3 is 10.8 Å². The molecule has 0 heterocycles. The van der Waals surface area contributed by atoms with E-state index in [1.54, 1.807) is 0 Å². The first-order chi connectivity index (χ1) is 9.40. The third kappa shape index (κ3) is 2.62. The quantitative estimate of drug-likeness (QED) is 0.913. The van der Waals surface area contributed by atoms with Crippen molar-refractivity contribution in [2.45, 2.75) is 0 Å². The van der Waals surface area contributed by atoms with Crippen LogP contribution in [0.5, 0.6) is 0 Å². The first kappa shape index (κ1) is 14.0. The summed E-state index contributed by atoms with van der Waals surface area (Å²) in [6.45, 7) is 0. The maximum absolute atomic E-state index is 13.1. The number of carbonyl (C=O) groups excluding carboxylic acids is 1. The molecule has 3 N–H and O–H groups in total. The smallest absolute Gasteiger partial charge is 0.336 e. The number of aromatic carboxylic acids is 1. The number of carboxylic acids is 1. The number of carboxylic acid groups (broad SMARTS) is 1. The van der Waals surface area contributed by atoms with Crippen molar-refractivity contribution < 1.29 is 19.1 Å². The Labute approximate surface area is 118 Å². The van der Waals surface area contributed by atoms with Gasteiger partial charge in [0.2, 0.25) is 5.91 Å². The molecule has 20 heavy (non-hydrogen) atoms. The Morgan fingerprint density at radius 2 is 1.80 bits per heavy atom. The van der Waals surface area contributed by atoms with E-state index in [1.165, 1.54) is 24.3 Å². The summed E-state index contributed by atoms with van der Waals surface area (Å²) < 4.78 is 13.1. The van der Waals surface area contributed by atoms with Gasteiger partial charge in [-0.1, -0.05) is 23.7 Å². The zero-order valence-electron chi connectivity index (χ0n) is 10.1. The Morgan fingerprint density at radius 1 is 1.10 bits per heavy atom. The Bertz CT molecular complexity index is 716. The van der Waals surface area contributed by atoms with Gasteiger partial charge in [0.15, 0.2) is 0 Å². The third-order valence-electron chi connectivity index (χ3n) is 2.75. The van der Waals surface area contributed by atoms with E-state index in [-0.39, 0.29) is 21.7 Å². The van der Waals surface area contributed by atoms with Crippen molar-refractivity contribution in [1.29, 1.82) is 0 Å². The summed E-state index contributed by atoms with van der Waals surface area (Å²) in [5.74, 6) is -2.65. The van der Waals surface area contributed by atoms with Gasteiger partial charge in [-0.05, 0) is 35.4 Å². The predicted molar refractivity (Wildman–Crippen MR) is 72.3 cm³/mol. The van der Waals surface area contributed by atoms with Crippen molar-refractivity contribution in [3.63, 3.8) is 0 Å². The lowest BCUT2D eigenvalue weighted by atomic mass is 9.98. The summed E-state index contributed by atoms with van der Waals surface area (Å²) in [6.07, 6.45) is 0. The van der Waals surface area contributed by atoms with Crippen molar-refractivity contribution in [3.8, 4) is 11.1 Å². The molecule has 4 nitrogen and oxygen atoms in total. The van der Waals surface area contributed by atoms with Crippen LogP contribution in [0.15, 0.2) is 36.4 Å². The van der Waals surface area contributed by atoms with E-state index in [0.29, 0.717) is 5.56 Å². The van der Waals surface area contributed by atoms with Gasteiger partial charge in [0.1, 0.15) is 5.82 Å². The van der Waals surface area contributed by atoms with Crippen molar-refractivity contribution >= 4 is 23.5 Å². The van der Waals surface area contributed by atoms with Gasteiger partial charge in [-0.15, -0.1) is 0 Å². The zero-order chi connectivity index (χ0) is 14.9. The second kappa shape index (κ2) is 5.30. The van der Waals surface area contributed by atoms with Gasteiger partial charge in [0.05, 0.1) is 16.1 Å². The Hall–Kier alpha value is -2.40. The molecule has 2 aromatic rings. The summed E-state index contributed by atoms with van der Waals surface area (Å²) in [5, 5.41) is 9.27. The molecular formula is C14H9ClFNO3. The van der Waals surface area contributed by atoms with Gasteiger partial charge in [0.25, 0.3) is 0 Å². The molecule has 0 aliphatic rings. The standard InChI is InChI=1S/C14H9ClFNO3/c15-12-4-1-7(5-11(12)13(17)18)9-3-2-8(16)6-10(9)14(19)20/h1-6H,(H2,17,18)(H,19,20). The normalized spacial score (nSPS) is 10.3. The molecule has 2 rings (SSSR count). The average molecular weight is 294 g/mol. The lowest BCUT2D eigenvalue weighted by molar-refractivity contribution is 0.0697. The van der Waals surface area contributed by atoms with Crippen molar-refractivity contribution in [2.24, 2.45) is 5.73 Å². The molecular weight excluding hydrogens is 285 g/mol. The number of rotatable bonds is 3. The van der Waals surface area contributed by atoms with Crippen LogP contribution < -0.4 is 5.73 Å². The number of hydrogen-bond acceptors (Lipinski definition) is 2. The molecule has 0 unspecified atom stereocenters. The van der Waals surface area contributed by atoms with Crippen LogP contribution in [0, 0.1) is 5.82 Å². The number of halogens is 2. The van der Waals surface area contributed by atoms with E-state index in [4.69, 9.17) is 22.4 Å². The fourth-order valence-corrected chi connectivity index (χ4v) is 2.04. The molecule has 102 valence electrons. The van der Waals surface area contributed by atoms with Crippen LogP contribution in [0.4, 0.5) is 4.39 Å². The van der Waals surface area contributed by atoms with Crippen LogP contribution in [-0.2, 0) is 0 Å². The molecule has 2 aromatic carbocycles. The fraction of sp³-hybridized carbons (Fsp3) is 0. The molecule has 0 aromatic heterocycles. The van der Waals surface area contributed by atoms with Crippen LogP contribution >= 0.6 is 11.6 Å². The van der Waals surface area contributed by atoms with Crippen LogP contribution in [0.1, 0.15) is 20.7 Å².